The van der Waals surface area contributed by atoms with Crippen LogP contribution < -0.4 is 15.8 Å². The summed E-state index contributed by atoms with van der Waals surface area (Å²) in [6.07, 6.45) is 6.10. The topological polar surface area (TPSA) is 60.2 Å². The van der Waals surface area contributed by atoms with Crippen molar-refractivity contribution < 1.29 is 4.74 Å². The molecule has 0 aliphatic carbocycles. The average Bonchev–Trinajstić information content (AvgIpc) is 2.39. The first-order valence-corrected chi connectivity index (χ1v) is 7.07. The lowest BCUT2D eigenvalue weighted by Gasteiger charge is -2.10. The molecule has 0 bridgehead atoms. The van der Waals surface area contributed by atoms with E-state index >= 15 is 0 Å². The zero-order chi connectivity index (χ0) is 13.2. The SMILES string of the molecule is C#CCSCCNc1ccc(N)c(OCCC)n1. The van der Waals surface area contributed by atoms with Crippen LogP contribution in [0.25, 0.3) is 0 Å². The maximum atomic E-state index is 5.78. The van der Waals surface area contributed by atoms with Gasteiger partial charge in [0.15, 0.2) is 0 Å². The van der Waals surface area contributed by atoms with Gasteiger partial charge in [-0.15, -0.1) is 18.2 Å². The van der Waals surface area contributed by atoms with E-state index in [1.54, 1.807) is 17.8 Å². The van der Waals surface area contributed by atoms with Gasteiger partial charge in [-0.2, -0.15) is 4.98 Å². The second kappa shape index (κ2) is 8.54. The Hall–Kier alpha value is -1.54. The number of hydrogen-bond donors (Lipinski definition) is 2. The molecule has 0 radical (unpaired) electrons. The summed E-state index contributed by atoms with van der Waals surface area (Å²) >= 11 is 1.71. The van der Waals surface area contributed by atoms with Crippen molar-refractivity contribution in [2.75, 3.05) is 35.7 Å². The Morgan fingerprint density at radius 1 is 1.56 bits per heavy atom. The molecule has 1 heterocycles. The third-order valence-corrected chi connectivity index (χ3v) is 2.93. The van der Waals surface area contributed by atoms with Crippen LogP contribution in [0.5, 0.6) is 5.88 Å². The van der Waals surface area contributed by atoms with Crippen molar-refractivity contribution in [2.24, 2.45) is 0 Å². The van der Waals surface area contributed by atoms with Crippen LogP contribution in [0.4, 0.5) is 11.5 Å². The van der Waals surface area contributed by atoms with E-state index in [4.69, 9.17) is 16.9 Å². The highest BCUT2D eigenvalue weighted by Crippen LogP contribution is 2.20. The molecule has 3 N–H and O–H groups in total. The molecule has 0 aromatic carbocycles. The number of rotatable bonds is 8. The molecular weight excluding hydrogens is 246 g/mol. The normalized spacial score (nSPS) is 9.78. The number of nitrogens with one attached hydrogen (secondary N) is 1. The van der Waals surface area contributed by atoms with Gasteiger partial charge in [-0.25, -0.2) is 0 Å². The lowest BCUT2D eigenvalue weighted by atomic mass is 10.4. The van der Waals surface area contributed by atoms with Crippen molar-refractivity contribution in [3.05, 3.63) is 12.1 Å². The van der Waals surface area contributed by atoms with E-state index in [2.05, 4.69) is 16.2 Å². The summed E-state index contributed by atoms with van der Waals surface area (Å²) in [5.74, 6) is 5.55. The highest BCUT2D eigenvalue weighted by Gasteiger charge is 2.03. The molecule has 0 unspecified atom stereocenters. The van der Waals surface area contributed by atoms with Crippen LogP contribution in [0.2, 0.25) is 0 Å². The molecule has 1 aromatic rings. The Bertz CT molecular complexity index is 404. The fraction of sp³-hybridized carbons (Fsp3) is 0.462. The molecule has 1 rings (SSSR count). The fourth-order valence-electron chi connectivity index (χ4n) is 1.25. The number of hydrogen-bond acceptors (Lipinski definition) is 5. The summed E-state index contributed by atoms with van der Waals surface area (Å²) in [7, 11) is 0. The Balaban J connectivity index is 2.43. The van der Waals surface area contributed by atoms with Gasteiger partial charge < -0.3 is 15.8 Å². The summed E-state index contributed by atoms with van der Waals surface area (Å²) < 4.78 is 5.46. The summed E-state index contributed by atoms with van der Waals surface area (Å²) in [5.41, 5.74) is 6.35. The van der Waals surface area contributed by atoms with Crippen LogP contribution in [0.1, 0.15) is 13.3 Å². The molecule has 0 saturated carbocycles. The van der Waals surface area contributed by atoms with E-state index < -0.39 is 0 Å². The minimum absolute atomic E-state index is 0.498. The van der Waals surface area contributed by atoms with E-state index in [1.165, 1.54) is 0 Å². The molecule has 0 saturated heterocycles. The molecule has 98 valence electrons. The first kappa shape index (κ1) is 14.5. The van der Waals surface area contributed by atoms with E-state index in [-0.39, 0.29) is 0 Å². The summed E-state index contributed by atoms with van der Waals surface area (Å²) in [6.45, 7) is 3.48. The monoisotopic (exact) mass is 265 g/mol. The van der Waals surface area contributed by atoms with Crippen LogP contribution in [0, 0.1) is 12.3 Å². The highest BCUT2D eigenvalue weighted by molar-refractivity contribution is 7.99. The second-order valence-electron chi connectivity index (χ2n) is 3.62. The van der Waals surface area contributed by atoms with Gasteiger partial charge in [-0.1, -0.05) is 12.8 Å². The van der Waals surface area contributed by atoms with E-state index in [1.807, 2.05) is 13.0 Å². The maximum absolute atomic E-state index is 5.78. The van der Waals surface area contributed by atoms with Crippen molar-refractivity contribution in [1.29, 1.82) is 0 Å². The molecule has 0 amide bonds. The van der Waals surface area contributed by atoms with Crippen LogP contribution in [-0.4, -0.2) is 29.6 Å². The second-order valence-corrected chi connectivity index (χ2v) is 4.73. The zero-order valence-electron chi connectivity index (χ0n) is 10.6. The molecule has 4 nitrogen and oxygen atoms in total. The third kappa shape index (κ3) is 5.19. The number of terminal acetylenes is 1. The number of nitrogens with two attached hydrogens (primary N) is 1. The van der Waals surface area contributed by atoms with Crippen molar-refractivity contribution >= 4 is 23.3 Å². The predicted octanol–water partition coefficient (Wildman–Crippen LogP) is 2.23. The number of nitrogens with zero attached hydrogens (tertiary/aromatic N) is 1. The minimum Gasteiger partial charge on any atom is -0.476 e. The Kier molecular flexibility index (Phi) is 6.89. The summed E-state index contributed by atoms with van der Waals surface area (Å²) in [5, 5.41) is 3.21. The van der Waals surface area contributed by atoms with Crippen LogP contribution in [-0.2, 0) is 0 Å². The smallest absolute Gasteiger partial charge is 0.239 e. The summed E-state index contributed by atoms with van der Waals surface area (Å²) in [4.78, 5) is 4.32. The molecule has 18 heavy (non-hydrogen) atoms. The minimum atomic E-state index is 0.498. The first-order chi connectivity index (χ1) is 8.77. The maximum Gasteiger partial charge on any atom is 0.239 e. The number of aromatic nitrogens is 1. The Morgan fingerprint density at radius 3 is 3.11 bits per heavy atom. The number of pyridine rings is 1. The van der Waals surface area contributed by atoms with E-state index in [0.29, 0.717) is 18.2 Å². The number of nitrogen functional groups attached to an aromatic ring is 1. The third-order valence-electron chi connectivity index (χ3n) is 2.07. The molecule has 0 aliphatic heterocycles. The van der Waals surface area contributed by atoms with Gasteiger partial charge in [-0.3, -0.25) is 0 Å². The quantitative estimate of drug-likeness (QED) is 0.557. The molecule has 0 fully saturated rings. The highest BCUT2D eigenvalue weighted by atomic mass is 32.2. The van der Waals surface area contributed by atoms with Crippen molar-refractivity contribution in [3.63, 3.8) is 0 Å². The molecule has 0 aliphatic rings. The number of ether oxygens (including phenoxy) is 1. The summed E-state index contributed by atoms with van der Waals surface area (Å²) in [6, 6.07) is 3.65. The lowest BCUT2D eigenvalue weighted by Crippen LogP contribution is -2.08. The molecule has 5 heteroatoms. The van der Waals surface area contributed by atoms with Crippen LogP contribution in [0.3, 0.4) is 0 Å². The molecule has 1 aromatic heterocycles. The average molecular weight is 265 g/mol. The fourth-order valence-corrected chi connectivity index (χ4v) is 1.75. The van der Waals surface area contributed by atoms with Gasteiger partial charge in [0.25, 0.3) is 0 Å². The zero-order valence-corrected chi connectivity index (χ0v) is 11.4. The number of thioether (sulfide) groups is 1. The van der Waals surface area contributed by atoms with E-state index in [9.17, 15) is 0 Å². The molecule has 0 atom stereocenters. The molecular formula is C13H19N3OS. The van der Waals surface area contributed by atoms with E-state index in [0.717, 1.165) is 30.3 Å². The van der Waals surface area contributed by atoms with Gasteiger partial charge in [0.1, 0.15) is 5.82 Å². The van der Waals surface area contributed by atoms with Gasteiger partial charge >= 0.3 is 0 Å². The predicted molar refractivity (Wildman–Crippen MR) is 79.1 cm³/mol. The number of anilines is 2. The van der Waals surface area contributed by atoms with Gasteiger partial charge in [0.05, 0.1) is 18.0 Å². The first-order valence-electron chi connectivity index (χ1n) is 5.92. The standard InChI is InChI=1S/C13H19N3OS/c1-3-8-17-13-11(14)5-6-12(16-13)15-7-10-18-9-4-2/h2,5-6H,3,7-10,14H2,1H3,(H,15,16). The Labute approximate surface area is 113 Å². The van der Waals surface area contributed by atoms with Gasteiger partial charge in [0.2, 0.25) is 5.88 Å². The van der Waals surface area contributed by atoms with Gasteiger partial charge in [-0.05, 0) is 18.6 Å². The van der Waals surface area contributed by atoms with Crippen molar-refractivity contribution in [1.82, 2.24) is 4.98 Å². The van der Waals surface area contributed by atoms with Crippen molar-refractivity contribution in [3.8, 4) is 18.2 Å². The van der Waals surface area contributed by atoms with Gasteiger partial charge in [0, 0.05) is 12.3 Å². The molecule has 0 spiro atoms. The lowest BCUT2D eigenvalue weighted by molar-refractivity contribution is 0.307. The van der Waals surface area contributed by atoms with Crippen molar-refractivity contribution in [2.45, 2.75) is 13.3 Å². The van der Waals surface area contributed by atoms with Crippen LogP contribution in [0.15, 0.2) is 12.1 Å². The van der Waals surface area contributed by atoms with Crippen LogP contribution >= 0.6 is 11.8 Å². The largest absolute Gasteiger partial charge is 0.476 e. The Morgan fingerprint density at radius 2 is 2.39 bits per heavy atom.